The minimum Gasteiger partial charge on any atom is -0.455 e. The summed E-state index contributed by atoms with van der Waals surface area (Å²) in [6.45, 7) is -0.0265. The second-order valence-electron chi connectivity index (χ2n) is 5.98. The van der Waals surface area contributed by atoms with Gasteiger partial charge in [-0.2, -0.15) is 0 Å². The van der Waals surface area contributed by atoms with Crippen molar-refractivity contribution >= 4 is 17.7 Å². The molecule has 2 N–H and O–H groups in total. The Labute approximate surface area is 139 Å². The van der Waals surface area contributed by atoms with Gasteiger partial charge in [0.15, 0.2) is 10.9 Å². The number of hydrogen-bond acceptors (Lipinski definition) is 5. The predicted octanol–water partition coefficient (Wildman–Crippen LogP) is 2.34. The largest absolute Gasteiger partial charge is 0.455 e. The maximum atomic E-state index is 12.3. The van der Waals surface area contributed by atoms with E-state index >= 15 is 0 Å². The van der Waals surface area contributed by atoms with E-state index in [0.717, 1.165) is 36.6 Å². The molecule has 2 aromatic heterocycles. The van der Waals surface area contributed by atoms with Gasteiger partial charge in [0.1, 0.15) is 5.76 Å². The van der Waals surface area contributed by atoms with Gasteiger partial charge in [-0.05, 0) is 25.0 Å². The van der Waals surface area contributed by atoms with E-state index in [0.29, 0.717) is 11.5 Å². The zero-order chi connectivity index (χ0) is 16.3. The molecule has 0 radical (unpaired) electrons. The van der Waals surface area contributed by atoms with E-state index in [1.54, 1.807) is 24.0 Å². The van der Waals surface area contributed by atoms with Crippen LogP contribution in [0.1, 0.15) is 42.0 Å². The fraction of sp³-hybridized carbons (Fsp3) is 0.500. The lowest BCUT2D eigenvalue weighted by Crippen LogP contribution is -2.49. The molecule has 0 atom stereocenters. The molecule has 7 heteroatoms. The number of aromatic nitrogens is 2. The molecule has 3 rings (SSSR count). The van der Waals surface area contributed by atoms with Gasteiger partial charge in [0.2, 0.25) is 0 Å². The Morgan fingerprint density at radius 1 is 1.48 bits per heavy atom. The molecule has 1 saturated carbocycles. The smallest absolute Gasteiger partial charge is 0.287 e. The Bertz CT molecular complexity index is 674. The number of amides is 1. The number of rotatable bonds is 6. The highest BCUT2D eigenvalue weighted by Gasteiger charge is 2.35. The zero-order valence-electron chi connectivity index (χ0n) is 13.1. The molecular weight excluding hydrogens is 314 g/mol. The van der Waals surface area contributed by atoms with Crippen molar-refractivity contribution in [2.45, 2.75) is 42.1 Å². The Morgan fingerprint density at radius 2 is 2.26 bits per heavy atom. The average molecular weight is 335 g/mol. The summed E-state index contributed by atoms with van der Waals surface area (Å²) in [4.78, 5) is 16.6. The van der Waals surface area contributed by atoms with E-state index in [4.69, 9.17) is 4.42 Å². The quantitative estimate of drug-likeness (QED) is 0.792. The summed E-state index contributed by atoms with van der Waals surface area (Å²) in [5.74, 6) is 1.38. The number of aryl methyl sites for hydroxylation is 1. The van der Waals surface area contributed by atoms with Crippen LogP contribution in [0.25, 0.3) is 0 Å². The zero-order valence-corrected chi connectivity index (χ0v) is 13.9. The normalized spacial score (nSPS) is 16.6. The van der Waals surface area contributed by atoms with Crippen LogP contribution >= 0.6 is 11.8 Å². The number of furan rings is 1. The van der Waals surface area contributed by atoms with Gasteiger partial charge in [-0.25, -0.2) is 4.98 Å². The van der Waals surface area contributed by atoms with E-state index < -0.39 is 5.54 Å². The second kappa shape index (κ2) is 6.80. The van der Waals surface area contributed by atoms with Crippen molar-refractivity contribution in [2.75, 3.05) is 6.61 Å². The van der Waals surface area contributed by atoms with Crippen LogP contribution in [-0.4, -0.2) is 32.7 Å². The fourth-order valence-corrected chi connectivity index (χ4v) is 3.71. The number of carbonyl (C=O) groups is 1. The molecule has 0 bridgehead atoms. The van der Waals surface area contributed by atoms with Crippen molar-refractivity contribution < 1.29 is 14.3 Å². The van der Waals surface area contributed by atoms with Crippen LogP contribution < -0.4 is 5.32 Å². The van der Waals surface area contributed by atoms with Gasteiger partial charge in [0.25, 0.3) is 5.91 Å². The third kappa shape index (κ3) is 3.61. The first-order valence-electron chi connectivity index (χ1n) is 7.74. The topological polar surface area (TPSA) is 80.3 Å². The predicted molar refractivity (Wildman–Crippen MR) is 87.2 cm³/mol. The van der Waals surface area contributed by atoms with Crippen molar-refractivity contribution in [3.05, 3.63) is 36.0 Å². The molecule has 1 amide bonds. The molecule has 1 aliphatic rings. The second-order valence-corrected chi connectivity index (χ2v) is 6.92. The van der Waals surface area contributed by atoms with Crippen molar-refractivity contribution in [2.24, 2.45) is 7.05 Å². The van der Waals surface area contributed by atoms with Crippen molar-refractivity contribution in [3.8, 4) is 0 Å². The lowest BCUT2D eigenvalue weighted by atomic mass is 9.99. The highest BCUT2D eigenvalue weighted by Crippen LogP contribution is 2.29. The molecule has 124 valence electrons. The molecule has 2 heterocycles. The highest BCUT2D eigenvalue weighted by atomic mass is 32.2. The summed E-state index contributed by atoms with van der Waals surface area (Å²) in [6.07, 6.45) is 7.34. The van der Waals surface area contributed by atoms with Crippen LogP contribution in [0.5, 0.6) is 0 Å². The molecule has 0 unspecified atom stereocenters. The van der Waals surface area contributed by atoms with Gasteiger partial charge in [0, 0.05) is 19.4 Å². The SMILES string of the molecule is Cn1ccnc1SCc1ccc(C(=O)NC2(CO)CCCC2)o1. The number of aliphatic hydroxyl groups is 1. The van der Waals surface area contributed by atoms with E-state index in [1.807, 2.05) is 23.9 Å². The van der Waals surface area contributed by atoms with Crippen LogP contribution in [0.3, 0.4) is 0 Å². The molecule has 6 nitrogen and oxygen atoms in total. The first kappa shape index (κ1) is 16.1. The summed E-state index contributed by atoms with van der Waals surface area (Å²) in [6, 6.07) is 3.49. The van der Waals surface area contributed by atoms with Gasteiger partial charge < -0.3 is 19.4 Å². The van der Waals surface area contributed by atoms with E-state index in [9.17, 15) is 9.90 Å². The molecule has 0 aromatic carbocycles. The number of nitrogens with zero attached hydrogens (tertiary/aromatic N) is 2. The molecule has 1 aliphatic carbocycles. The standard InChI is InChI=1S/C16H21N3O3S/c1-19-9-8-17-15(19)23-10-12-4-5-13(22-12)14(21)18-16(11-20)6-2-3-7-16/h4-5,8-9,20H,2-3,6-7,10-11H2,1H3,(H,18,21). The molecule has 0 spiro atoms. The van der Waals surface area contributed by atoms with Gasteiger partial charge in [0.05, 0.1) is 17.9 Å². The van der Waals surface area contributed by atoms with E-state index in [2.05, 4.69) is 10.3 Å². The molecule has 1 fully saturated rings. The minimum absolute atomic E-state index is 0.0265. The van der Waals surface area contributed by atoms with Gasteiger partial charge in [-0.1, -0.05) is 24.6 Å². The Balaban J connectivity index is 1.60. The first-order valence-corrected chi connectivity index (χ1v) is 8.73. The molecule has 23 heavy (non-hydrogen) atoms. The summed E-state index contributed by atoms with van der Waals surface area (Å²) >= 11 is 1.55. The van der Waals surface area contributed by atoms with Crippen LogP contribution in [0.2, 0.25) is 0 Å². The number of nitrogens with one attached hydrogen (secondary N) is 1. The average Bonchev–Trinajstić information content (AvgIpc) is 3.26. The summed E-state index contributed by atoms with van der Waals surface area (Å²) in [7, 11) is 1.94. The molecule has 0 aliphatic heterocycles. The minimum atomic E-state index is -0.480. The maximum absolute atomic E-state index is 12.3. The molecule has 0 saturated heterocycles. The number of thioether (sulfide) groups is 1. The monoisotopic (exact) mass is 335 g/mol. The van der Waals surface area contributed by atoms with Crippen LogP contribution in [-0.2, 0) is 12.8 Å². The Kier molecular flexibility index (Phi) is 4.77. The van der Waals surface area contributed by atoms with Crippen molar-refractivity contribution in [3.63, 3.8) is 0 Å². The third-order valence-corrected chi connectivity index (χ3v) is 5.33. The van der Waals surface area contributed by atoms with Crippen molar-refractivity contribution in [1.82, 2.24) is 14.9 Å². The number of aliphatic hydroxyl groups excluding tert-OH is 1. The third-order valence-electron chi connectivity index (χ3n) is 4.25. The summed E-state index contributed by atoms with van der Waals surface area (Å²) in [5.41, 5.74) is -0.480. The summed E-state index contributed by atoms with van der Waals surface area (Å²) in [5, 5.41) is 13.4. The van der Waals surface area contributed by atoms with Gasteiger partial charge in [-0.15, -0.1) is 0 Å². The summed E-state index contributed by atoms with van der Waals surface area (Å²) < 4.78 is 7.57. The molecular formula is C16H21N3O3S. The van der Waals surface area contributed by atoms with E-state index in [-0.39, 0.29) is 12.5 Å². The van der Waals surface area contributed by atoms with Crippen LogP contribution in [0, 0.1) is 0 Å². The first-order chi connectivity index (χ1) is 11.1. The van der Waals surface area contributed by atoms with Crippen LogP contribution in [0.15, 0.2) is 34.1 Å². The van der Waals surface area contributed by atoms with E-state index in [1.165, 1.54) is 0 Å². The maximum Gasteiger partial charge on any atom is 0.287 e. The fourth-order valence-electron chi connectivity index (χ4n) is 2.88. The Hall–Kier alpha value is -1.73. The van der Waals surface area contributed by atoms with Gasteiger partial charge >= 0.3 is 0 Å². The highest BCUT2D eigenvalue weighted by molar-refractivity contribution is 7.98. The lowest BCUT2D eigenvalue weighted by Gasteiger charge is -2.27. The molecule has 2 aromatic rings. The number of carbonyl (C=O) groups excluding carboxylic acids is 1. The van der Waals surface area contributed by atoms with Gasteiger partial charge in [-0.3, -0.25) is 4.79 Å². The van der Waals surface area contributed by atoms with Crippen LogP contribution in [0.4, 0.5) is 0 Å². The number of imidazole rings is 1. The van der Waals surface area contributed by atoms with Crippen molar-refractivity contribution in [1.29, 1.82) is 0 Å². The Morgan fingerprint density at radius 3 is 2.91 bits per heavy atom. The lowest BCUT2D eigenvalue weighted by molar-refractivity contribution is 0.0809. The number of hydrogen-bond donors (Lipinski definition) is 2.